The average Bonchev–Trinajstić information content (AvgIpc) is 3.15. The van der Waals surface area contributed by atoms with E-state index in [9.17, 15) is 9.59 Å². The van der Waals surface area contributed by atoms with Gasteiger partial charge in [-0.05, 0) is 30.0 Å². The molecule has 0 radical (unpaired) electrons. The molecule has 4 aromatic rings. The Hall–Kier alpha value is -3.87. The molecule has 184 valence electrons. The van der Waals surface area contributed by atoms with Crippen LogP contribution in [0.5, 0.6) is 0 Å². The quantitative estimate of drug-likeness (QED) is 0.280. The van der Waals surface area contributed by atoms with E-state index in [1.54, 1.807) is 9.47 Å². The van der Waals surface area contributed by atoms with E-state index in [4.69, 9.17) is 5.41 Å². The fraction of sp³-hybridized carbons (Fsp3) is 0.276. The van der Waals surface area contributed by atoms with Gasteiger partial charge in [0.2, 0.25) is 11.5 Å². The molecule has 4 rings (SSSR count). The molecule has 0 aliphatic heterocycles. The smallest absolute Gasteiger partial charge is 0.226 e. The summed E-state index contributed by atoms with van der Waals surface area (Å²) in [7, 11) is 3.83. The molecular formula is C29H33BN4O2. The zero-order valence-electron chi connectivity index (χ0n) is 21.3. The second-order valence-electron chi connectivity index (χ2n) is 9.32. The Balaban J connectivity index is 1.53. The molecule has 0 saturated carbocycles. The summed E-state index contributed by atoms with van der Waals surface area (Å²) in [6, 6.07) is 23.4. The van der Waals surface area contributed by atoms with Crippen LogP contribution in [0.25, 0.3) is 11.0 Å². The lowest BCUT2D eigenvalue weighted by atomic mass is 9.94. The predicted octanol–water partition coefficient (Wildman–Crippen LogP) is 2.72. The topological polar surface area (TPSA) is 71.1 Å². The Morgan fingerprint density at radius 2 is 1.67 bits per heavy atom. The van der Waals surface area contributed by atoms with E-state index in [1.807, 2.05) is 86.2 Å². The zero-order chi connectivity index (χ0) is 25.7. The van der Waals surface area contributed by atoms with Crippen molar-refractivity contribution in [3.05, 3.63) is 95.1 Å². The van der Waals surface area contributed by atoms with E-state index in [1.165, 1.54) is 0 Å². The molecule has 7 heteroatoms. The highest BCUT2D eigenvalue weighted by atomic mass is 16.2. The first-order valence-electron chi connectivity index (χ1n) is 12.5. The second-order valence-corrected chi connectivity index (χ2v) is 9.32. The number of Topliss-reactive ketones (excluding diaryl/α,β-unsaturated/α-hetero) is 1. The first kappa shape index (κ1) is 25.2. The maximum Gasteiger partial charge on any atom is 0.226 e. The third-order valence-corrected chi connectivity index (χ3v) is 6.73. The normalized spacial score (nSPS) is 11.1. The monoisotopic (exact) mass is 480 g/mol. The molecule has 0 aliphatic carbocycles. The lowest BCUT2D eigenvalue weighted by Crippen LogP contribution is -2.31. The van der Waals surface area contributed by atoms with Crippen molar-refractivity contribution in [3.8, 4) is 0 Å². The van der Waals surface area contributed by atoms with E-state index in [0.29, 0.717) is 30.7 Å². The summed E-state index contributed by atoms with van der Waals surface area (Å²) >= 11 is 0. The Morgan fingerprint density at radius 3 is 2.36 bits per heavy atom. The Bertz CT molecular complexity index is 1420. The van der Waals surface area contributed by atoms with Gasteiger partial charge in [0.25, 0.3) is 0 Å². The molecule has 0 bridgehead atoms. The zero-order valence-corrected chi connectivity index (χ0v) is 21.3. The van der Waals surface area contributed by atoms with Crippen molar-refractivity contribution < 1.29 is 9.59 Å². The third kappa shape index (κ3) is 5.51. The second kappa shape index (κ2) is 11.2. The van der Waals surface area contributed by atoms with E-state index >= 15 is 0 Å². The maximum absolute atomic E-state index is 13.1. The fourth-order valence-corrected chi connectivity index (χ4v) is 4.61. The molecule has 0 saturated heterocycles. The van der Waals surface area contributed by atoms with Crippen LogP contribution in [-0.2, 0) is 30.7 Å². The van der Waals surface area contributed by atoms with Gasteiger partial charge in [-0.1, -0.05) is 79.1 Å². The number of rotatable bonds is 10. The summed E-state index contributed by atoms with van der Waals surface area (Å²) < 4.78 is 3.80. The van der Waals surface area contributed by atoms with Gasteiger partial charge >= 0.3 is 0 Å². The maximum atomic E-state index is 13.1. The van der Waals surface area contributed by atoms with Crippen LogP contribution < -0.4 is 11.1 Å². The Labute approximate surface area is 213 Å². The number of aromatic nitrogens is 2. The number of carbonyl (C=O) groups is 2. The number of para-hydroxylation sites is 1. The number of fused-ring (bicyclic) bond motifs is 1. The van der Waals surface area contributed by atoms with Gasteiger partial charge in [0.05, 0.1) is 24.0 Å². The summed E-state index contributed by atoms with van der Waals surface area (Å²) in [5, 5.41) is 8.95. The van der Waals surface area contributed by atoms with Crippen LogP contribution in [0.2, 0.25) is 0 Å². The number of imidazole rings is 1. The number of hydrogen-bond donors (Lipinski definition) is 1. The van der Waals surface area contributed by atoms with Crippen LogP contribution in [0, 0.1) is 5.41 Å². The number of likely N-dealkylation sites (N-methyl/N-ethyl adjacent to an activating group) is 1. The minimum atomic E-state index is -0.0132. The largest absolute Gasteiger partial charge is 0.345 e. The standard InChI is InChI=1S/C29H33BN4O2/c1-3-22-11-7-12-25-28(22)33(18-8-17-32(2)27(36)19-21-9-5-4-6-10-21)29(31)34(25)20-26(35)23-13-15-24(30)16-14-23/h4-7,9-16,31H,3,8,17-20,30H2,1-2H3. The lowest BCUT2D eigenvalue weighted by Gasteiger charge is -2.17. The summed E-state index contributed by atoms with van der Waals surface area (Å²) in [6.07, 6.45) is 1.94. The molecule has 1 N–H and O–H groups in total. The Kier molecular flexibility index (Phi) is 7.88. The van der Waals surface area contributed by atoms with Crippen molar-refractivity contribution in [2.75, 3.05) is 13.6 Å². The summed E-state index contributed by atoms with van der Waals surface area (Å²) in [4.78, 5) is 27.5. The van der Waals surface area contributed by atoms with Gasteiger partial charge in [-0.15, -0.1) is 0 Å². The van der Waals surface area contributed by atoms with Crippen molar-refractivity contribution in [1.29, 1.82) is 5.41 Å². The molecular weight excluding hydrogens is 447 g/mol. The van der Waals surface area contributed by atoms with Crippen molar-refractivity contribution in [2.24, 2.45) is 0 Å². The number of nitrogens with one attached hydrogen (secondary N) is 1. The third-order valence-electron chi connectivity index (χ3n) is 6.73. The molecule has 1 amide bonds. The first-order chi connectivity index (χ1) is 17.4. The number of carbonyl (C=O) groups excluding carboxylic acids is 2. The molecule has 1 heterocycles. The SMILES string of the molecule is Bc1ccc(C(=O)Cn2c(=N)n(CCCN(C)C(=O)Cc3ccccc3)c3c(CC)cccc32)cc1. The summed E-state index contributed by atoms with van der Waals surface area (Å²) in [5.74, 6) is 0.0679. The molecule has 0 spiro atoms. The van der Waals surface area contributed by atoms with Crippen LogP contribution >= 0.6 is 0 Å². The number of ketones is 1. The fourth-order valence-electron chi connectivity index (χ4n) is 4.61. The minimum Gasteiger partial charge on any atom is -0.345 e. The van der Waals surface area contributed by atoms with Gasteiger partial charge < -0.3 is 14.0 Å². The number of nitrogens with zero attached hydrogens (tertiary/aromatic N) is 3. The summed E-state index contributed by atoms with van der Waals surface area (Å²) in [5.41, 5.74) is 6.12. The van der Waals surface area contributed by atoms with E-state index < -0.39 is 0 Å². The highest BCUT2D eigenvalue weighted by molar-refractivity contribution is 6.32. The van der Waals surface area contributed by atoms with Crippen molar-refractivity contribution >= 4 is 36.0 Å². The van der Waals surface area contributed by atoms with E-state index in [2.05, 4.69) is 13.0 Å². The van der Waals surface area contributed by atoms with Crippen LogP contribution in [0.15, 0.2) is 72.8 Å². The minimum absolute atomic E-state index is 0.0132. The highest BCUT2D eigenvalue weighted by Crippen LogP contribution is 2.20. The van der Waals surface area contributed by atoms with Crippen LogP contribution in [0.1, 0.15) is 34.8 Å². The van der Waals surface area contributed by atoms with E-state index in [0.717, 1.165) is 40.5 Å². The van der Waals surface area contributed by atoms with Crippen LogP contribution in [-0.4, -0.2) is 47.2 Å². The lowest BCUT2D eigenvalue weighted by molar-refractivity contribution is -0.129. The number of aryl methyl sites for hydroxylation is 2. The molecule has 3 aromatic carbocycles. The summed E-state index contributed by atoms with van der Waals surface area (Å²) in [6.45, 7) is 3.42. The molecule has 0 atom stereocenters. The Morgan fingerprint density at radius 1 is 0.944 bits per heavy atom. The van der Waals surface area contributed by atoms with Crippen LogP contribution in [0.4, 0.5) is 0 Å². The van der Waals surface area contributed by atoms with Gasteiger partial charge in [-0.25, -0.2) is 0 Å². The number of hydrogen-bond acceptors (Lipinski definition) is 3. The predicted molar refractivity (Wildman–Crippen MR) is 147 cm³/mol. The van der Waals surface area contributed by atoms with Gasteiger partial charge in [0, 0.05) is 25.7 Å². The van der Waals surface area contributed by atoms with Gasteiger partial charge in [-0.3, -0.25) is 15.0 Å². The van der Waals surface area contributed by atoms with E-state index in [-0.39, 0.29) is 18.2 Å². The molecule has 0 aliphatic rings. The van der Waals surface area contributed by atoms with Gasteiger partial charge in [-0.2, -0.15) is 0 Å². The first-order valence-corrected chi connectivity index (χ1v) is 12.5. The number of amides is 1. The average molecular weight is 480 g/mol. The molecule has 0 unspecified atom stereocenters. The van der Waals surface area contributed by atoms with Crippen LogP contribution in [0.3, 0.4) is 0 Å². The van der Waals surface area contributed by atoms with Gasteiger partial charge in [0.1, 0.15) is 7.85 Å². The molecule has 0 fully saturated rings. The van der Waals surface area contributed by atoms with Crippen molar-refractivity contribution in [1.82, 2.24) is 14.0 Å². The molecule has 6 nitrogen and oxygen atoms in total. The van der Waals surface area contributed by atoms with Gasteiger partial charge in [0.15, 0.2) is 5.78 Å². The van der Waals surface area contributed by atoms with Crippen molar-refractivity contribution in [2.45, 2.75) is 39.3 Å². The molecule has 36 heavy (non-hydrogen) atoms. The number of benzene rings is 3. The van der Waals surface area contributed by atoms with Crippen molar-refractivity contribution in [3.63, 3.8) is 0 Å². The molecule has 1 aromatic heterocycles. The highest BCUT2D eigenvalue weighted by Gasteiger charge is 2.17.